The average Bonchev–Trinajstić information content (AvgIpc) is 2.67. The molecule has 3 heteroatoms. The maximum Gasteiger partial charge on any atom is 0.121 e. The number of nitrogens with zero attached hydrogens (tertiary/aromatic N) is 2. The molecular weight excluding hydrogens is 200 g/mol. The average molecular weight is 216 g/mol. The third kappa shape index (κ3) is 1.86. The fourth-order valence-corrected chi connectivity index (χ4v) is 1.84. The number of rotatable bonds is 2. The summed E-state index contributed by atoms with van der Waals surface area (Å²) >= 11 is 0. The predicted molar refractivity (Wildman–Crippen MR) is 63.2 cm³/mol. The molecule has 0 amide bonds. The van der Waals surface area contributed by atoms with Crippen LogP contribution in [0.4, 0.5) is 0 Å². The van der Waals surface area contributed by atoms with Crippen molar-refractivity contribution in [1.29, 1.82) is 0 Å². The number of imidazole rings is 1. The van der Waals surface area contributed by atoms with Crippen LogP contribution in [0, 0.1) is 13.8 Å². The van der Waals surface area contributed by atoms with Gasteiger partial charge in [0.1, 0.15) is 6.10 Å². The van der Waals surface area contributed by atoms with Gasteiger partial charge in [-0.3, -0.25) is 0 Å². The molecule has 1 atom stereocenters. The number of aromatic nitrogens is 2. The Morgan fingerprint density at radius 2 is 2.06 bits per heavy atom. The molecule has 0 aliphatic heterocycles. The van der Waals surface area contributed by atoms with Gasteiger partial charge in [-0.1, -0.05) is 23.8 Å². The van der Waals surface area contributed by atoms with Gasteiger partial charge in [-0.15, -0.1) is 0 Å². The molecule has 3 nitrogen and oxygen atoms in total. The van der Waals surface area contributed by atoms with Crippen LogP contribution in [-0.4, -0.2) is 14.7 Å². The number of hydrogen-bond donors (Lipinski definition) is 1. The van der Waals surface area contributed by atoms with Crippen LogP contribution in [0.15, 0.2) is 30.7 Å². The number of benzene rings is 1. The lowest BCUT2D eigenvalue weighted by molar-refractivity contribution is 0.210. The van der Waals surface area contributed by atoms with E-state index < -0.39 is 6.10 Å². The summed E-state index contributed by atoms with van der Waals surface area (Å²) in [5.41, 5.74) is 4.01. The first-order chi connectivity index (χ1) is 7.59. The van der Waals surface area contributed by atoms with Crippen molar-refractivity contribution in [2.45, 2.75) is 20.0 Å². The first kappa shape index (κ1) is 10.9. The van der Waals surface area contributed by atoms with Gasteiger partial charge in [0.15, 0.2) is 0 Å². The van der Waals surface area contributed by atoms with E-state index in [1.807, 2.05) is 37.6 Å². The molecule has 2 rings (SSSR count). The van der Waals surface area contributed by atoms with Gasteiger partial charge in [-0.05, 0) is 25.0 Å². The maximum atomic E-state index is 10.3. The van der Waals surface area contributed by atoms with E-state index in [2.05, 4.69) is 11.1 Å². The van der Waals surface area contributed by atoms with Gasteiger partial charge in [0.05, 0.1) is 18.2 Å². The van der Waals surface area contributed by atoms with Crippen LogP contribution in [0.3, 0.4) is 0 Å². The molecule has 0 saturated carbocycles. The topological polar surface area (TPSA) is 38.1 Å². The molecule has 1 N–H and O–H groups in total. The van der Waals surface area contributed by atoms with Crippen molar-refractivity contribution in [3.8, 4) is 0 Å². The summed E-state index contributed by atoms with van der Waals surface area (Å²) in [7, 11) is 1.89. The molecule has 2 aromatic rings. The number of aryl methyl sites for hydroxylation is 3. The lowest BCUT2D eigenvalue weighted by Gasteiger charge is -2.14. The van der Waals surface area contributed by atoms with E-state index in [1.54, 1.807) is 12.5 Å². The molecule has 1 aromatic heterocycles. The Kier molecular flexibility index (Phi) is 2.79. The van der Waals surface area contributed by atoms with Crippen LogP contribution in [-0.2, 0) is 7.05 Å². The van der Waals surface area contributed by atoms with Crippen molar-refractivity contribution < 1.29 is 5.11 Å². The molecule has 1 aromatic carbocycles. The molecule has 0 aliphatic rings. The molecule has 0 saturated heterocycles. The van der Waals surface area contributed by atoms with Crippen LogP contribution in [0.1, 0.15) is 28.5 Å². The zero-order valence-electron chi connectivity index (χ0n) is 9.81. The Bertz CT molecular complexity index is 502. The summed E-state index contributed by atoms with van der Waals surface area (Å²) in [4.78, 5) is 4.02. The van der Waals surface area contributed by atoms with Gasteiger partial charge in [0, 0.05) is 7.05 Å². The van der Waals surface area contributed by atoms with Gasteiger partial charge in [0.25, 0.3) is 0 Å². The van der Waals surface area contributed by atoms with E-state index in [0.29, 0.717) is 0 Å². The Morgan fingerprint density at radius 1 is 1.31 bits per heavy atom. The maximum absolute atomic E-state index is 10.3. The summed E-state index contributed by atoms with van der Waals surface area (Å²) in [5.74, 6) is 0. The first-order valence-electron chi connectivity index (χ1n) is 5.31. The normalized spacial score (nSPS) is 12.8. The Hall–Kier alpha value is -1.61. The minimum atomic E-state index is -0.604. The van der Waals surface area contributed by atoms with Gasteiger partial charge in [-0.25, -0.2) is 4.98 Å². The lowest BCUT2D eigenvalue weighted by atomic mass is 9.99. The Labute approximate surface area is 95.4 Å². The molecular formula is C13H16N2O. The molecule has 0 radical (unpaired) electrons. The highest BCUT2D eigenvalue weighted by molar-refractivity contribution is 5.35. The second kappa shape index (κ2) is 4.10. The molecule has 1 unspecified atom stereocenters. The summed E-state index contributed by atoms with van der Waals surface area (Å²) in [6.07, 6.45) is 2.79. The summed E-state index contributed by atoms with van der Waals surface area (Å²) in [5, 5.41) is 10.3. The highest BCUT2D eigenvalue weighted by Crippen LogP contribution is 2.24. The second-order valence-corrected chi connectivity index (χ2v) is 4.19. The quantitative estimate of drug-likeness (QED) is 0.835. The first-order valence-corrected chi connectivity index (χ1v) is 5.31. The number of aliphatic hydroxyl groups is 1. The molecule has 0 spiro atoms. The number of hydrogen-bond acceptors (Lipinski definition) is 2. The zero-order valence-corrected chi connectivity index (χ0v) is 9.81. The molecule has 84 valence electrons. The minimum Gasteiger partial charge on any atom is -0.382 e. The SMILES string of the molecule is Cc1ccc(C)c(C(O)c2cncn2C)c1. The fourth-order valence-electron chi connectivity index (χ4n) is 1.84. The van der Waals surface area contributed by atoms with E-state index in [0.717, 1.165) is 22.4 Å². The van der Waals surface area contributed by atoms with Gasteiger partial charge in [0.2, 0.25) is 0 Å². The van der Waals surface area contributed by atoms with E-state index in [1.165, 1.54) is 0 Å². The van der Waals surface area contributed by atoms with Crippen LogP contribution in [0.5, 0.6) is 0 Å². The molecule has 1 heterocycles. The second-order valence-electron chi connectivity index (χ2n) is 4.19. The van der Waals surface area contributed by atoms with Crippen molar-refractivity contribution in [2.24, 2.45) is 7.05 Å². The van der Waals surface area contributed by atoms with Crippen molar-refractivity contribution >= 4 is 0 Å². The van der Waals surface area contributed by atoms with E-state index in [-0.39, 0.29) is 0 Å². The smallest absolute Gasteiger partial charge is 0.121 e. The largest absolute Gasteiger partial charge is 0.382 e. The molecule has 16 heavy (non-hydrogen) atoms. The Morgan fingerprint density at radius 3 is 2.69 bits per heavy atom. The van der Waals surface area contributed by atoms with Crippen LogP contribution >= 0.6 is 0 Å². The van der Waals surface area contributed by atoms with Crippen molar-refractivity contribution in [1.82, 2.24) is 9.55 Å². The van der Waals surface area contributed by atoms with Gasteiger partial charge >= 0.3 is 0 Å². The minimum absolute atomic E-state index is 0.604. The molecule has 0 aliphatic carbocycles. The highest BCUT2D eigenvalue weighted by Gasteiger charge is 2.15. The van der Waals surface area contributed by atoms with Crippen molar-refractivity contribution in [3.05, 3.63) is 53.1 Å². The molecule has 0 bridgehead atoms. The lowest BCUT2D eigenvalue weighted by Crippen LogP contribution is -2.06. The Balaban J connectivity index is 2.45. The predicted octanol–water partition coefficient (Wildman–Crippen LogP) is 2.12. The van der Waals surface area contributed by atoms with E-state index in [4.69, 9.17) is 0 Å². The standard InChI is InChI=1S/C13H16N2O/c1-9-4-5-10(2)11(6-9)13(16)12-7-14-8-15(12)3/h4-8,13,16H,1-3H3. The van der Waals surface area contributed by atoms with Crippen molar-refractivity contribution in [3.63, 3.8) is 0 Å². The zero-order chi connectivity index (χ0) is 11.7. The van der Waals surface area contributed by atoms with Crippen molar-refractivity contribution in [2.75, 3.05) is 0 Å². The van der Waals surface area contributed by atoms with Crippen LogP contribution in [0.2, 0.25) is 0 Å². The van der Waals surface area contributed by atoms with E-state index in [9.17, 15) is 5.11 Å². The summed E-state index contributed by atoms with van der Waals surface area (Å²) < 4.78 is 1.84. The summed E-state index contributed by atoms with van der Waals surface area (Å²) in [6, 6.07) is 6.10. The van der Waals surface area contributed by atoms with Gasteiger partial charge < -0.3 is 9.67 Å². The van der Waals surface area contributed by atoms with Gasteiger partial charge in [-0.2, -0.15) is 0 Å². The third-order valence-electron chi connectivity index (χ3n) is 2.86. The molecule has 0 fully saturated rings. The van der Waals surface area contributed by atoms with Crippen LogP contribution in [0.25, 0.3) is 0 Å². The highest BCUT2D eigenvalue weighted by atomic mass is 16.3. The summed E-state index contributed by atoms with van der Waals surface area (Å²) in [6.45, 7) is 4.03. The third-order valence-corrected chi connectivity index (χ3v) is 2.86. The fraction of sp³-hybridized carbons (Fsp3) is 0.308. The number of aliphatic hydroxyl groups excluding tert-OH is 1. The monoisotopic (exact) mass is 216 g/mol. The van der Waals surface area contributed by atoms with Crippen LogP contribution < -0.4 is 0 Å². The van der Waals surface area contributed by atoms with E-state index >= 15 is 0 Å².